The SMILES string of the molecule is Cc1cc(=O)oc2cc(OC(=O)[C@H]3CCCN3C(=O)OC(C)(C)C)ccc12. The molecule has 2 heterocycles. The van der Waals surface area contributed by atoms with Gasteiger partial charge in [0.15, 0.2) is 0 Å². The lowest BCUT2D eigenvalue weighted by atomic mass is 10.1. The number of fused-ring (bicyclic) bond motifs is 1. The maximum absolute atomic E-state index is 12.6. The van der Waals surface area contributed by atoms with Crippen LogP contribution in [0.5, 0.6) is 5.75 Å². The van der Waals surface area contributed by atoms with E-state index in [0.29, 0.717) is 25.0 Å². The smallest absolute Gasteiger partial charge is 0.411 e. The molecule has 1 aliphatic rings. The summed E-state index contributed by atoms with van der Waals surface area (Å²) in [4.78, 5) is 37.9. The van der Waals surface area contributed by atoms with E-state index in [9.17, 15) is 14.4 Å². The van der Waals surface area contributed by atoms with Gasteiger partial charge in [0.25, 0.3) is 0 Å². The Balaban J connectivity index is 1.77. The van der Waals surface area contributed by atoms with Crippen LogP contribution < -0.4 is 10.4 Å². The zero-order valence-corrected chi connectivity index (χ0v) is 15.9. The van der Waals surface area contributed by atoms with Crippen molar-refractivity contribution in [2.75, 3.05) is 6.54 Å². The quantitative estimate of drug-likeness (QED) is 0.456. The molecule has 2 aromatic rings. The van der Waals surface area contributed by atoms with E-state index in [0.717, 1.165) is 10.9 Å². The van der Waals surface area contributed by atoms with E-state index in [4.69, 9.17) is 13.9 Å². The largest absolute Gasteiger partial charge is 0.444 e. The van der Waals surface area contributed by atoms with Gasteiger partial charge in [0, 0.05) is 24.1 Å². The van der Waals surface area contributed by atoms with Gasteiger partial charge in [-0.1, -0.05) is 0 Å². The highest BCUT2D eigenvalue weighted by molar-refractivity contribution is 5.85. The number of likely N-dealkylation sites (tertiary alicyclic amines) is 1. The second-order valence-electron chi connectivity index (χ2n) is 7.66. The zero-order valence-electron chi connectivity index (χ0n) is 15.9. The second kappa shape index (κ2) is 7.06. The maximum Gasteiger partial charge on any atom is 0.411 e. The maximum atomic E-state index is 12.6. The van der Waals surface area contributed by atoms with E-state index in [1.807, 2.05) is 6.92 Å². The van der Waals surface area contributed by atoms with Gasteiger partial charge in [-0.25, -0.2) is 14.4 Å². The van der Waals surface area contributed by atoms with Crippen molar-refractivity contribution in [3.8, 4) is 5.75 Å². The topological polar surface area (TPSA) is 86.0 Å². The highest BCUT2D eigenvalue weighted by atomic mass is 16.6. The summed E-state index contributed by atoms with van der Waals surface area (Å²) in [6, 6.07) is 5.59. The molecule has 1 aromatic heterocycles. The van der Waals surface area contributed by atoms with Crippen LogP contribution in [0.4, 0.5) is 4.79 Å². The van der Waals surface area contributed by atoms with Crippen LogP contribution in [0.15, 0.2) is 33.5 Å². The van der Waals surface area contributed by atoms with Crippen molar-refractivity contribution in [3.63, 3.8) is 0 Å². The molecule has 1 amide bonds. The predicted molar refractivity (Wildman–Crippen MR) is 98.8 cm³/mol. The molecule has 1 aliphatic heterocycles. The highest BCUT2D eigenvalue weighted by Crippen LogP contribution is 2.25. The molecule has 1 aromatic carbocycles. The molecule has 144 valence electrons. The number of rotatable bonds is 2. The van der Waals surface area contributed by atoms with Gasteiger partial charge in [0.05, 0.1) is 0 Å². The Kier molecular flexibility index (Phi) is 4.95. The Morgan fingerprint density at radius 1 is 1.22 bits per heavy atom. The number of carbonyl (C=O) groups excluding carboxylic acids is 2. The van der Waals surface area contributed by atoms with Crippen molar-refractivity contribution in [1.82, 2.24) is 4.90 Å². The van der Waals surface area contributed by atoms with Crippen LogP contribution in [0.2, 0.25) is 0 Å². The van der Waals surface area contributed by atoms with E-state index < -0.39 is 29.3 Å². The number of esters is 1. The monoisotopic (exact) mass is 373 g/mol. The summed E-state index contributed by atoms with van der Waals surface area (Å²) in [5.41, 5.74) is 0.0316. The third kappa shape index (κ3) is 4.30. The van der Waals surface area contributed by atoms with Crippen molar-refractivity contribution in [2.45, 2.75) is 52.2 Å². The number of aryl methyl sites for hydroxylation is 1. The second-order valence-corrected chi connectivity index (χ2v) is 7.66. The van der Waals surface area contributed by atoms with E-state index in [1.165, 1.54) is 17.0 Å². The van der Waals surface area contributed by atoms with Crippen molar-refractivity contribution in [1.29, 1.82) is 0 Å². The average molecular weight is 373 g/mol. The van der Waals surface area contributed by atoms with Gasteiger partial charge in [-0.3, -0.25) is 4.90 Å². The summed E-state index contributed by atoms with van der Waals surface area (Å²) < 4.78 is 16.0. The summed E-state index contributed by atoms with van der Waals surface area (Å²) in [5.74, 6) is -0.273. The average Bonchev–Trinajstić information content (AvgIpc) is 3.02. The Labute approximate surface area is 156 Å². The molecule has 1 atom stereocenters. The lowest BCUT2D eigenvalue weighted by Gasteiger charge is -2.27. The van der Waals surface area contributed by atoms with Gasteiger partial charge >= 0.3 is 17.7 Å². The minimum atomic E-state index is -0.694. The van der Waals surface area contributed by atoms with Crippen molar-refractivity contribution < 1.29 is 23.5 Å². The van der Waals surface area contributed by atoms with Crippen LogP contribution in [-0.2, 0) is 9.53 Å². The number of nitrogens with zero attached hydrogens (tertiary/aromatic N) is 1. The van der Waals surface area contributed by atoms with Crippen LogP contribution in [0, 0.1) is 6.92 Å². The molecular formula is C20H23NO6. The molecule has 0 N–H and O–H groups in total. The minimum Gasteiger partial charge on any atom is -0.444 e. The van der Waals surface area contributed by atoms with Crippen LogP contribution in [0.25, 0.3) is 11.0 Å². The molecule has 7 heteroatoms. The third-order valence-electron chi connectivity index (χ3n) is 4.29. The lowest BCUT2D eigenvalue weighted by molar-refractivity contribution is -0.139. The molecule has 0 spiro atoms. The highest BCUT2D eigenvalue weighted by Gasteiger charge is 2.37. The minimum absolute atomic E-state index is 0.261. The fourth-order valence-corrected chi connectivity index (χ4v) is 3.10. The number of carbonyl (C=O) groups is 2. The number of ether oxygens (including phenoxy) is 2. The molecule has 3 rings (SSSR count). The first-order valence-electron chi connectivity index (χ1n) is 8.90. The Morgan fingerprint density at radius 2 is 1.96 bits per heavy atom. The molecule has 0 aliphatic carbocycles. The summed E-state index contributed by atoms with van der Waals surface area (Å²) in [6.07, 6.45) is 0.687. The summed E-state index contributed by atoms with van der Waals surface area (Å²) in [7, 11) is 0. The van der Waals surface area contributed by atoms with Gasteiger partial charge in [-0.05, 0) is 58.2 Å². The van der Waals surface area contributed by atoms with Crippen LogP contribution in [0.1, 0.15) is 39.2 Å². The zero-order chi connectivity index (χ0) is 19.8. The van der Waals surface area contributed by atoms with Crippen molar-refractivity contribution in [2.24, 2.45) is 0 Å². The fourth-order valence-electron chi connectivity index (χ4n) is 3.10. The molecule has 27 heavy (non-hydrogen) atoms. The first-order chi connectivity index (χ1) is 12.6. The van der Waals surface area contributed by atoms with E-state index in [2.05, 4.69) is 0 Å². The summed E-state index contributed by atoms with van der Waals surface area (Å²) >= 11 is 0. The number of hydrogen-bond donors (Lipinski definition) is 0. The van der Waals surface area contributed by atoms with E-state index >= 15 is 0 Å². The fraction of sp³-hybridized carbons (Fsp3) is 0.450. The predicted octanol–water partition coefficient (Wildman–Crippen LogP) is 3.41. The third-order valence-corrected chi connectivity index (χ3v) is 4.29. The normalized spacial score (nSPS) is 17.2. The summed E-state index contributed by atoms with van der Waals surface area (Å²) in [5, 5.41) is 0.769. The van der Waals surface area contributed by atoms with Gasteiger partial charge in [-0.15, -0.1) is 0 Å². The first kappa shape index (κ1) is 18.9. The molecule has 7 nitrogen and oxygen atoms in total. The Morgan fingerprint density at radius 3 is 2.67 bits per heavy atom. The Hall–Kier alpha value is -2.83. The Bertz CT molecular complexity index is 940. The first-order valence-corrected chi connectivity index (χ1v) is 8.90. The van der Waals surface area contributed by atoms with E-state index in [-0.39, 0.29) is 5.75 Å². The van der Waals surface area contributed by atoms with Crippen molar-refractivity contribution in [3.05, 3.63) is 40.2 Å². The number of amides is 1. The molecule has 0 bridgehead atoms. The molecule has 1 saturated heterocycles. The molecule has 0 unspecified atom stereocenters. The van der Waals surface area contributed by atoms with Crippen LogP contribution >= 0.6 is 0 Å². The molecule has 1 fully saturated rings. The summed E-state index contributed by atoms with van der Waals surface area (Å²) in [6.45, 7) is 7.58. The number of hydrogen-bond acceptors (Lipinski definition) is 6. The van der Waals surface area contributed by atoms with E-state index in [1.54, 1.807) is 32.9 Å². The lowest BCUT2D eigenvalue weighted by Crippen LogP contribution is -2.44. The standard InChI is InChI=1S/C20H23NO6/c1-12-10-17(22)26-16-11-13(7-8-14(12)16)25-18(23)15-6-5-9-21(15)19(24)27-20(2,3)4/h7-8,10-11,15H,5-6,9H2,1-4H3/t15-/m1/s1. The van der Waals surface area contributed by atoms with Gasteiger partial charge in [0.1, 0.15) is 23.0 Å². The van der Waals surface area contributed by atoms with Gasteiger partial charge < -0.3 is 13.9 Å². The number of benzene rings is 1. The molecule has 0 radical (unpaired) electrons. The molecule has 0 saturated carbocycles. The van der Waals surface area contributed by atoms with Gasteiger partial charge in [-0.2, -0.15) is 0 Å². The van der Waals surface area contributed by atoms with Crippen molar-refractivity contribution >= 4 is 23.0 Å². The van der Waals surface area contributed by atoms with Gasteiger partial charge in [0.2, 0.25) is 0 Å². The van der Waals surface area contributed by atoms with Crippen LogP contribution in [-0.4, -0.2) is 35.2 Å². The van der Waals surface area contributed by atoms with Crippen LogP contribution in [0.3, 0.4) is 0 Å². The molecular weight excluding hydrogens is 350 g/mol.